The number of aryl methyl sites for hydroxylation is 1. The number of fused-ring (bicyclic) bond motifs is 3. The van der Waals surface area contributed by atoms with Gasteiger partial charge in [-0.3, -0.25) is 9.36 Å². The van der Waals surface area contributed by atoms with Crippen LogP contribution in [-0.2, 0) is 0 Å². The van der Waals surface area contributed by atoms with E-state index in [4.69, 9.17) is 4.98 Å². The summed E-state index contributed by atoms with van der Waals surface area (Å²) in [6, 6.07) is 21.8. The monoisotopic (exact) mass is 369 g/mol. The molecule has 0 unspecified atom stereocenters. The lowest BCUT2D eigenvalue weighted by atomic mass is 10.0. The highest BCUT2D eigenvalue weighted by molar-refractivity contribution is 7.25. The lowest BCUT2D eigenvalue weighted by Crippen LogP contribution is -2.17. The molecule has 0 amide bonds. The molecule has 0 aliphatic rings. The standard InChI is InChI=1S/C22H15N3OS/c1-14-17(15-8-4-2-5-9-15)12-18-19-20(27-21(18)24-14)22(26)25(13-23-19)16-10-6-3-7-11-16/h2-13H,1H3. The zero-order valence-corrected chi connectivity index (χ0v) is 15.4. The molecule has 0 spiro atoms. The van der Waals surface area contributed by atoms with Crippen molar-refractivity contribution in [2.75, 3.05) is 0 Å². The van der Waals surface area contributed by atoms with Crippen molar-refractivity contribution in [1.29, 1.82) is 0 Å². The van der Waals surface area contributed by atoms with Crippen molar-refractivity contribution in [3.8, 4) is 16.8 Å². The second-order valence-electron chi connectivity index (χ2n) is 6.38. The molecular formula is C22H15N3OS. The van der Waals surface area contributed by atoms with E-state index >= 15 is 0 Å². The van der Waals surface area contributed by atoms with Gasteiger partial charge >= 0.3 is 0 Å². The van der Waals surface area contributed by atoms with Gasteiger partial charge < -0.3 is 0 Å². The summed E-state index contributed by atoms with van der Waals surface area (Å²) in [5, 5.41) is 0.928. The Hall–Kier alpha value is -3.31. The van der Waals surface area contributed by atoms with Crippen molar-refractivity contribution in [2.45, 2.75) is 6.92 Å². The first kappa shape index (κ1) is 15.9. The summed E-state index contributed by atoms with van der Waals surface area (Å²) in [5.41, 5.74) is 4.59. The quantitative estimate of drug-likeness (QED) is 0.441. The van der Waals surface area contributed by atoms with Gasteiger partial charge in [0.15, 0.2) is 0 Å². The van der Waals surface area contributed by atoms with E-state index in [0.717, 1.165) is 38.2 Å². The molecule has 4 nitrogen and oxygen atoms in total. The highest BCUT2D eigenvalue weighted by atomic mass is 32.1. The Morgan fingerprint density at radius 1 is 0.963 bits per heavy atom. The van der Waals surface area contributed by atoms with Gasteiger partial charge in [-0.15, -0.1) is 11.3 Å². The van der Waals surface area contributed by atoms with Gasteiger partial charge in [0.25, 0.3) is 5.56 Å². The predicted octanol–water partition coefficient (Wildman–Crippen LogP) is 4.97. The minimum absolute atomic E-state index is 0.0619. The molecule has 0 radical (unpaired) electrons. The molecule has 0 saturated heterocycles. The fourth-order valence-electron chi connectivity index (χ4n) is 3.33. The molecule has 5 heteroatoms. The third-order valence-electron chi connectivity index (χ3n) is 4.68. The van der Waals surface area contributed by atoms with E-state index in [1.165, 1.54) is 11.3 Å². The number of hydrogen-bond donors (Lipinski definition) is 0. The number of rotatable bonds is 2. The number of aromatic nitrogens is 3. The minimum Gasteiger partial charge on any atom is -0.267 e. The average Bonchev–Trinajstić information content (AvgIpc) is 3.07. The van der Waals surface area contributed by atoms with Crippen LogP contribution in [-0.4, -0.2) is 14.5 Å². The van der Waals surface area contributed by atoms with Crippen molar-refractivity contribution in [1.82, 2.24) is 14.5 Å². The summed E-state index contributed by atoms with van der Waals surface area (Å²) in [7, 11) is 0. The number of nitrogens with zero attached hydrogens (tertiary/aromatic N) is 3. The fourth-order valence-corrected chi connectivity index (χ4v) is 4.42. The normalized spacial score (nSPS) is 11.3. The Morgan fingerprint density at radius 2 is 1.67 bits per heavy atom. The Morgan fingerprint density at radius 3 is 2.41 bits per heavy atom. The minimum atomic E-state index is -0.0619. The van der Waals surface area contributed by atoms with Crippen LogP contribution in [0, 0.1) is 6.92 Å². The Bertz CT molecular complexity index is 1340. The summed E-state index contributed by atoms with van der Waals surface area (Å²) in [5.74, 6) is 0. The van der Waals surface area contributed by atoms with Crippen LogP contribution in [0.5, 0.6) is 0 Å². The molecule has 130 valence electrons. The second kappa shape index (κ2) is 6.14. The van der Waals surface area contributed by atoms with E-state index < -0.39 is 0 Å². The lowest BCUT2D eigenvalue weighted by Gasteiger charge is -2.06. The molecule has 0 aliphatic carbocycles. The van der Waals surface area contributed by atoms with Crippen LogP contribution in [0.2, 0.25) is 0 Å². The molecular weight excluding hydrogens is 354 g/mol. The summed E-state index contributed by atoms with van der Waals surface area (Å²) >= 11 is 1.41. The summed E-state index contributed by atoms with van der Waals surface area (Å²) in [4.78, 5) is 23.3. The Balaban J connectivity index is 1.78. The topological polar surface area (TPSA) is 47.8 Å². The predicted molar refractivity (Wildman–Crippen MR) is 111 cm³/mol. The van der Waals surface area contributed by atoms with Crippen LogP contribution in [0.1, 0.15) is 5.69 Å². The van der Waals surface area contributed by atoms with Crippen LogP contribution in [0.3, 0.4) is 0 Å². The lowest BCUT2D eigenvalue weighted by molar-refractivity contribution is 0.968. The van der Waals surface area contributed by atoms with Gasteiger partial charge in [-0.1, -0.05) is 48.5 Å². The maximum atomic E-state index is 13.0. The summed E-state index contributed by atoms with van der Waals surface area (Å²) in [6.45, 7) is 2.00. The number of hydrogen-bond acceptors (Lipinski definition) is 4. The maximum absolute atomic E-state index is 13.0. The van der Waals surface area contributed by atoms with Crippen LogP contribution in [0.25, 0.3) is 37.2 Å². The van der Waals surface area contributed by atoms with Gasteiger partial charge in [0.1, 0.15) is 15.9 Å². The van der Waals surface area contributed by atoms with E-state index in [9.17, 15) is 4.79 Å². The van der Waals surface area contributed by atoms with Gasteiger partial charge in [0.2, 0.25) is 0 Å². The van der Waals surface area contributed by atoms with Crippen LogP contribution in [0.4, 0.5) is 0 Å². The number of pyridine rings is 1. The Labute approximate surface area is 159 Å². The fraction of sp³-hybridized carbons (Fsp3) is 0.0455. The molecule has 2 aromatic carbocycles. The molecule has 27 heavy (non-hydrogen) atoms. The van der Waals surface area contributed by atoms with Crippen LogP contribution in [0.15, 0.2) is 77.9 Å². The van der Waals surface area contributed by atoms with Crippen molar-refractivity contribution in [3.63, 3.8) is 0 Å². The highest BCUT2D eigenvalue weighted by Gasteiger charge is 2.15. The van der Waals surface area contributed by atoms with Crippen LogP contribution < -0.4 is 5.56 Å². The molecule has 0 atom stereocenters. The zero-order chi connectivity index (χ0) is 18.4. The third-order valence-corrected chi connectivity index (χ3v) is 5.76. The molecule has 3 heterocycles. The number of para-hydroxylation sites is 1. The van der Waals surface area contributed by atoms with Gasteiger partial charge in [0, 0.05) is 16.6 Å². The molecule has 3 aromatic heterocycles. The smallest absolute Gasteiger partial charge is 0.267 e. The molecule has 5 aromatic rings. The first-order chi connectivity index (χ1) is 13.2. The highest BCUT2D eigenvalue weighted by Crippen LogP contribution is 2.34. The molecule has 0 aliphatic heterocycles. The van der Waals surface area contributed by atoms with E-state index in [1.807, 2.05) is 55.5 Å². The van der Waals surface area contributed by atoms with E-state index in [-0.39, 0.29) is 5.56 Å². The number of thiophene rings is 1. The third kappa shape index (κ3) is 2.55. The molecule has 0 fully saturated rings. The largest absolute Gasteiger partial charge is 0.275 e. The summed E-state index contributed by atoms with van der Waals surface area (Å²) in [6.07, 6.45) is 1.61. The van der Waals surface area contributed by atoms with Gasteiger partial charge in [0.05, 0.1) is 11.2 Å². The maximum Gasteiger partial charge on any atom is 0.275 e. The van der Waals surface area contributed by atoms with Crippen molar-refractivity contribution in [3.05, 3.63) is 89.1 Å². The first-order valence-corrected chi connectivity index (χ1v) is 9.46. The molecule has 0 saturated carbocycles. The first-order valence-electron chi connectivity index (χ1n) is 8.65. The van der Waals surface area contributed by atoms with E-state index in [0.29, 0.717) is 4.70 Å². The van der Waals surface area contributed by atoms with Gasteiger partial charge in [-0.05, 0) is 30.7 Å². The van der Waals surface area contributed by atoms with Crippen molar-refractivity contribution >= 4 is 31.8 Å². The molecule has 0 bridgehead atoms. The van der Waals surface area contributed by atoms with Crippen molar-refractivity contribution < 1.29 is 0 Å². The SMILES string of the molecule is Cc1nc2sc3c(=O)n(-c4ccccc4)cnc3c2cc1-c1ccccc1. The second-order valence-corrected chi connectivity index (χ2v) is 7.37. The van der Waals surface area contributed by atoms with E-state index in [1.54, 1.807) is 10.9 Å². The van der Waals surface area contributed by atoms with E-state index in [2.05, 4.69) is 23.2 Å². The molecule has 0 N–H and O–H groups in total. The zero-order valence-electron chi connectivity index (χ0n) is 14.6. The van der Waals surface area contributed by atoms with Gasteiger partial charge in [-0.25, -0.2) is 9.97 Å². The summed E-state index contributed by atoms with van der Waals surface area (Å²) < 4.78 is 2.22. The van der Waals surface area contributed by atoms with Crippen molar-refractivity contribution in [2.24, 2.45) is 0 Å². The average molecular weight is 369 g/mol. The molecule has 5 rings (SSSR count). The Kier molecular flexibility index (Phi) is 3.62. The van der Waals surface area contributed by atoms with Crippen LogP contribution >= 0.6 is 11.3 Å². The number of benzene rings is 2. The van der Waals surface area contributed by atoms with Gasteiger partial charge in [-0.2, -0.15) is 0 Å².